The highest BCUT2D eigenvalue weighted by Crippen LogP contribution is 2.22. The Hall–Kier alpha value is -1.35. The number of carbonyl (C=O) groups is 1. The number of likely N-dealkylation sites (tertiary alicyclic amines) is 1. The Bertz CT molecular complexity index is 526. The molecule has 3 heteroatoms. The molecule has 0 spiro atoms. The maximum atomic E-state index is 12.5. The highest BCUT2D eigenvalue weighted by Gasteiger charge is 2.24. The van der Waals surface area contributed by atoms with Gasteiger partial charge in [0, 0.05) is 6.54 Å². The molecule has 1 aliphatic carbocycles. The van der Waals surface area contributed by atoms with E-state index in [9.17, 15) is 4.79 Å². The van der Waals surface area contributed by atoms with E-state index < -0.39 is 0 Å². The summed E-state index contributed by atoms with van der Waals surface area (Å²) in [7, 11) is 2.08. The van der Waals surface area contributed by atoms with Crippen molar-refractivity contribution in [3.8, 4) is 0 Å². The van der Waals surface area contributed by atoms with Crippen LogP contribution in [0, 0.1) is 0 Å². The zero-order valence-electron chi connectivity index (χ0n) is 13.7. The molecule has 1 atom stereocenters. The smallest absolute Gasteiger partial charge is 0.237 e. The topological polar surface area (TPSA) is 32.3 Å². The summed E-state index contributed by atoms with van der Waals surface area (Å²) in [5, 5.41) is 3.15. The van der Waals surface area contributed by atoms with Crippen LogP contribution in [0.1, 0.15) is 55.2 Å². The molecular weight excluding hydrogens is 272 g/mol. The highest BCUT2D eigenvalue weighted by molar-refractivity contribution is 5.81. The van der Waals surface area contributed by atoms with Crippen molar-refractivity contribution in [1.82, 2.24) is 10.2 Å². The van der Waals surface area contributed by atoms with Gasteiger partial charge in [-0.1, -0.05) is 31.0 Å². The van der Waals surface area contributed by atoms with Gasteiger partial charge in [0.2, 0.25) is 5.91 Å². The van der Waals surface area contributed by atoms with E-state index in [0.29, 0.717) is 6.54 Å². The summed E-state index contributed by atoms with van der Waals surface area (Å²) in [6, 6.07) is 6.79. The summed E-state index contributed by atoms with van der Waals surface area (Å²) >= 11 is 0. The fraction of sp³-hybridized carbons (Fsp3) is 0.632. The Morgan fingerprint density at radius 1 is 1.14 bits per heavy atom. The van der Waals surface area contributed by atoms with E-state index in [-0.39, 0.29) is 11.9 Å². The number of benzene rings is 1. The molecule has 0 saturated carbocycles. The van der Waals surface area contributed by atoms with Crippen LogP contribution in [-0.4, -0.2) is 30.4 Å². The van der Waals surface area contributed by atoms with Crippen molar-refractivity contribution >= 4 is 5.91 Å². The van der Waals surface area contributed by atoms with E-state index in [4.69, 9.17) is 0 Å². The maximum Gasteiger partial charge on any atom is 0.237 e. The molecule has 0 bridgehead atoms. The summed E-state index contributed by atoms with van der Waals surface area (Å²) in [5.41, 5.74) is 4.24. The Kier molecular flexibility index (Phi) is 5.14. The lowest BCUT2D eigenvalue weighted by Gasteiger charge is -2.24. The quantitative estimate of drug-likeness (QED) is 0.930. The van der Waals surface area contributed by atoms with E-state index in [1.165, 1.54) is 61.6 Å². The van der Waals surface area contributed by atoms with Crippen LogP contribution in [0.15, 0.2) is 18.2 Å². The lowest BCUT2D eigenvalue weighted by atomic mass is 9.90. The number of hydrogen-bond acceptors (Lipinski definition) is 2. The van der Waals surface area contributed by atoms with Crippen LogP contribution >= 0.6 is 0 Å². The Labute approximate surface area is 134 Å². The minimum atomic E-state index is 0.0557. The number of amides is 1. The van der Waals surface area contributed by atoms with Crippen LogP contribution in [0.25, 0.3) is 0 Å². The van der Waals surface area contributed by atoms with Crippen LogP contribution in [-0.2, 0) is 24.2 Å². The maximum absolute atomic E-state index is 12.5. The van der Waals surface area contributed by atoms with Gasteiger partial charge >= 0.3 is 0 Å². The second kappa shape index (κ2) is 7.28. The van der Waals surface area contributed by atoms with Gasteiger partial charge in [-0.25, -0.2) is 0 Å². The van der Waals surface area contributed by atoms with Gasteiger partial charge in [0.15, 0.2) is 0 Å². The second-order valence-electron chi connectivity index (χ2n) is 6.87. The molecule has 1 aromatic carbocycles. The average molecular weight is 300 g/mol. The number of nitrogens with zero attached hydrogens (tertiary/aromatic N) is 1. The molecule has 2 aliphatic rings. The molecule has 1 heterocycles. The predicted molar refractivity (Wildman–Crippen MR) is 89.8 cm³/mol. The normalized spacial score (nSPS) is 22.7. The molecule has 1 saturated heterocycles. The lowest BCUT2D eigenvalue weighted by Crippen LogP contribution is -2.44. The number of aryl methyl sites for hydroxylation is 2. The zero-order chi connectivity index (χ0) is 15.4. The number of hydrogen-bond donors (Lipinski definition) is 1. The summed E-state index contributed by atoms with van der Waals surface area (Å²) in [4.78, 5) is 14.7. The van der Waals surface area contributed by atoms with Crippen molar-refractivity contribution in [3.63, 3.8) is 0 Å². The minimum absolute atomic E-state index is 0.0557. The zero-order valence-corrected chi connectivity index (χ0v) is 13.7. The first-order valence-corrected chi connectivity index (χ1v) is 8.82. The van der Waals surface area contributed by atoms with Crippen LogP contribution < -0.4 is 5.32 Å². The Balaban J connectivity index is 1.58. The van der Waals surface area contributed by atoms with Crippen molar-refractivity contribution in [1.29, 1.82) is 0 Å². The van der Waals surface area contributed by atoms with E-state index >= 15 is 0 Å². The molecule has 120 valence electrons. The van der Waals surface area contributed by atoms with Gasteiger partial charge in [-0.05, 0) is 68.8 Å². The Morgan fingerprint density at radius 2 is 1.95 bits per heavy atom. The van der Waals surface area contributed by atoms with Gasteiger partial charge in [0.25, 0.3) is 0 Å². The molecule has 1 N–H and O–H groups in total. The number of carbonyl (C=O) groups excluding carboxylic acids is 1. The third kappa shape index (κ3) is 3.70. The third-order valence-electron chi connectivity index (χ3n) is 5.20. The summed E-state index contributed by atoms with van der Waals surface area (Å²) in [6.45, 7) is 1.70. The van der Waals surface area contributed by atoms with E-state index in [0.717, 1.165) is 13.0 Å². The Morgan fingerprint density at radius 3 is 2.82 bits per heavy atom. The van der Waals surface area contributed by atoms with Crippen molar-refractivity contribution in [2.24, 2.45) is 0 Å². The monoisotopic (exact) mass is 300 g/mol. The number of nitrogens with one attached hydrogen (secondary N) is 1. The van der Waals surface area contributed by atoms with Crippen molar-refractivity contribution in [2.45, 2.75) is 64.0 Å². The van der Waals surface area contributed by atoms with Crippen LogP contribution in [0.4, 0.5) is 0 Å². The molecular formula is C19H28N2O. The fourth-order valence-corrected chi connectivity index (χ4v) is 3.79. The number of fused-ring (bicyclic) bond motifs is 1. The van der Waals surface area contributed by atoms with E-state index in [1.54, 1.807) is 0 Å². The van der Waals surface area contributed by atoms with Gasteiger partial charge in [-0.2, -0.15) is 0 Å². The minimum Gasteiger partial charge on any atom is -0.351 e. The molecule has 3 rings (SSSR count). The van der Waals surface area contributed by atoms with Crippen LogP contribution in [0.2, 0.25) is 0 Å². The predicted octanol–water partition coefficient (Wildman–Crippen LogP) is 3.06. The fourth-order valence-electron chi connectivity index (χ4n) is 3.79. The van der Waals surface area contributed by atoms with Gasteiger partial charge in [0.05, 0.1) is 6.04 Å². The van der Waals surface area contributed by atoms with Crippen molar-refractivity contribution in [3.05, 3.63) is 34.9 Å². The SMILES string of the molecule is CN1CCCCCC1C(=O)NCc1ccc2c(c1)CCCC2. The van der Waals surface area contributed by atoms with Gasteiger partial charge in [-0.3, -0.25) is 9.69 Å². The first-order valence-electron chi connectivity index (χ1n) is 8.82. The molecule has 1 amide bonds. The second-order valence-corrected chi connectivity index (χ2v) is 6.87. The van der Waals surface area contributed by atoms with Gasteiger partial charge in [0.1, 0.15) is 0 Å². The molecule has 0 radical (unpaired) electrons. The first-order chi connectivity index (χ1) is 10.7. The van der Waals surface area contributed by atoms with Crippen molar-refractivity contribution < 1.29 is 4.79 Å². The largest absolute Gasteiger partial charge is 0.351 e. The van der Waals surface area contributed by atoms with Crippen molar-refractivity contribution in [2.75, 3.05) is 13.6 Å². The molecule has 0 aromatic heterocycles. The highest BCUT2D eigenvalue weighted by atomic mass is 16.2. The summed E-state index contributed by atoms with van der Waals surface area (Å²) < 4.78 is 0. The molecule has 22 heavy (non-hydrogen) atoms. The van der Waals surface area contributed by atoms with E-state index in [1.807, 2.05) is 0 Å². The van der Waals surface area contributed by atoms with Gasteiger partial charge < -0.3 is 5.32 Å². The summed E-state index contributed by atoms with van der Waals surface area (Å²) in [5.74, 6) is 0.196. The average Bonchev–Trinajstić information content (AvgIpc) is 2.77. The standard InChI is InChI=1S/C19H28N2O/c1-21-12-6-2-3-9-18(21)19(22)20-14-15-10-11-16-7-4-5-8-17(16)13-15/h10-11,13,18H,2-9,12,14H2,1H3,(H,20,22). The molecule has 1 fully saturated rings. The van der Waals surface area contributed by atoms with Gasteiger partial charge in [-0.15, -0.1) is 0 Å². The molecule has 1 aliphatic heterocycles. The molecule has 1 unspecified atom stereocenters. The lowest BCUT2D eigenvalue weighted by molar-refractivity contribution is -0.126. The number of rotatable bonds is 3. The van der Waals surface area contributed by atoms with Crippen LogP contribution in [0.3, 0.4) is 0 Å². The third-order valence-corrected chi connectivity index (χ3v) is 5.20. The number of likely N-dealkylation sites (N-methyl/N-ethyl adjacent to an activating group) is 1. The van der Waals surface area contributed by atoms with Crippen LogP contribution in [0.5, 0.6) is 0 Å². The van der Waals surface area contributed by atoms with E-state index in [2.05, 4.69) is 35.5 Å². The molecule has 3 nitrogen and oxygen atoms in total. The summed E-state index contributed by atoms with van der Waals surface area (Å²) in [6.07, 6.45) is 9.65. The molecule has 1 aromatic rings. The first kappa shape index (κ1) is 15.5.